The molecular weight excluding hydrogens is 482 g/mol. The number of benzene rings is 2. The lowest BCUT2D eigenvalue weighted by Gasteiger charge is -2.32. The van der Waals surface area contributed by atoms with E-state index in [9.17, 15) is 4.79 Å². The molecule has 0 saturated carbocycles. The summed E-state index contributed by atoms with van der Waals surface area (Å²) in [7, 11) is 0. The number of H-pyrrole nitrogens is 1. The van der Waals surface area contributed by atoms with Crippen molar-refractivity contribution in [3.8, 4) is 17.5 Å². The van der Waals surface area contributed by atoms with E-state index in [-0.39, 0.29) is 5.91 Å². The Kier molecular flexibility index (Phi) is 9.24. The highest BCUT2D eigenvalue weighted by Gasteiger charge is 2.27. The number of likely N-dealkylation sites (tertiary alicyclic amines) is 1. The van der Waals surface area contributed by atoms with Crippen molar-refractivity contribution >= 4 is 5.91 Å². The molecular formula is C33H43N5O. The van der Waals surface area contributed by atoms with Crippen LogP contribution in [0.4, 0.5) is 0 Å². The highest BCUT2D eigenvalue weighted by atomic mass is 16.2. The van der Waals surface area contributed by atoms with E-state index in [4.69, 9.17) is 10.2 Å². The number of hydrogen-bond acceptors (Lipinski definition) is 4. The number of nitriles is 1. The summed E-state index contributed by atoms with van der Waals surface area (Å²) in [4.78, 5) is 26.8. The number of amides is 1. The molecule has 0 aliphatic carbocycles. The molecule has 5 rings (SSSR count). The van der Waals surface area contributed by atoms with Crippen molar-refractivity contribution in [2.24, 2.45) is 0 Å². The van der Waals surface area contributed by atoms with E-state index < -0.39 is 0 Å². The molecule has 6 nitrogen and oxygen atoms in total. The van der Waals surface area contributed by atoms with Gasteiger partial charge < -0.3 is 14.8 Å². The summed E-state index contributed by atoms with van der Waals surface area (Å²) in [6.45, 7) is 16.2. The van der Waals surface area contributed by atoms with E-state index in [1.165, 1.54) is 11.3 Å². The third kappa shape index (κ3) is 6.25. The van der Waals surface area contributed by atoms with Gasteiger partial charge in [0.1, 0.15) is 5.82 Å². The number of fused-ring (bicyclic) bond motifs is 1. The Labute approximate surface area is 234 Å². The zero-order chi connectivity index (χ0) is 28.1. The van der Waals surface area contributed by atoms with E-state index >= 15 is 0 Å². The summed E-state index contributed by atoms with van der Waals surface area (Å²) in [6, 6.07) is 14.8. The van der Waals surface area contributed by atoms with E-state index in [1.807, 2.05) is 37.8 Å². The molecule has 0 spiro atoms. The minimum Gasteiger partial charge on any atom is -0.342 e. The number of carbonyl (C=O) groups excluding carboxylic acids is 1. The van der Waals surface area contributed by atoms with Gasteiger partial charge in [-0.25, -0.2) is 4.98 Å². The molecule has 2 aliphatic rings. The first kappa shape index (κ1) is 28.6. The van der Waals surface area contributed by atoms with Crippen molar-refractivity contribution in [2.75, 3.05) is 26.2 Å². The van der Waals surface area contributed by atoms with Gasteiger partial charge in [-0.1, -0.05) is 32.0 Å². The quantitative estimate of drug-likeness (QED) is 0.426. The van der Waals surface area contributed by atoms with Crippen LogP contribution in [0.5, 0.6) is 0 Å². The van der Waals surface area contributed by atoms with Gasteiger partial charge in [-0.3, -0.25) is 4.79 Å². The number of rotatable bonds is 4. The molecule has 3 aromatic rings. The number of piperidine rings is 1. The Morgan fingerprint density at radius 2 is 1.67 bits per heavy atom. The van der Waals surface area contributed by atoms with Crippen LogP contribution >= 0.6 is 0 Å². The van der Waals surface area contributed by atoms with Gasteiger partial charge >= 0.3 is 0 Å². The molecule has 0 radical (unpaired) electrons. The zero-order valence-corrected chi connectivity index (χ0v) is 24.5. The van der Waals surface area contributed by atoms with Gasteiger partial charge in [0.2, 0.25) is 0 Å². The van der Waals surface area contributed by atoms with Crippen molar-refractivity contribution in [1.82, 2.24) is 19.8 Å². The number of aromatic amines is 1. The summed E-state index contributed by atoms with van der Waals surface area (Å²) >= 11 is 0. The zero-order valence-electron chi connectivity index (χ0n) is 24.5. The van der Waals surface area contributed by atoms with Gasteiger partial charge in [0.25, 0.3) is 5.91 Å². The van der Waals surface area contributed by atoms with Crippen LogP contribution in [0.15, 0.2) is 36.4 Å². The molecule has 206 valence electrons. The summed E-state index contributed by atoms with van der Waals surface area (Å²) in [5, 5.41) is 9.05. The van der Waals surface area contributed by atoms with Crippen LogP contribution in [0.2, 0.25) is 0 Å². The van der Waals surface area contributed by atoms with Crippen LogP contribution in [0, 0.1) is 25.2 Å². The lowest BCUT2D eigenvalue weighted by atomic mass is 9.88. The SMILES string of the molecule is CC.Cc1cc(C)c(-c2nc3c([nH]2)CCN(C(C)C)CC3)cc1C(=O)N1CCC(c2ccc(C#N)cc2)CC1. The Bertz CT molecular complexity index is 1300. The molecule has 2 aromatic carbocycles. The largest absolute Gasteiger partial charge is 0.342 e. The average Bonchev–Trinajstić information content (AvgIpc) is 3.25. The third-order valence-electron chi connectivity index (χ3n) is 8.23. The van der Waals surface area contributed by atoms with E-state index in [1.54, 1.807) is 0 Å². The van der Waals surface area contributed by atoms with Crippen molar-refractivity contribution in [3.05, 3.63) is 75.6 Å². The monoisotopic (exact) mass is 525 g/mol. The Balaban J connectivity index is 0.00000172. The lowest BCUT2D eigenvalue weighted by molar-refractivity contribution is 0.0712. The molecule has 2 aliphatic heterocycles. The molecule has 1 aromatic heterocycles. The normalized spacial score (nSPS) is 16.2. The molecule has 1 fully saturated rings. The average molecular weight is 526 g/mol. The van der Waals surface area contributed by atoms with Crippen LogP contribution in [0.3, 0.4) is 0 Å². The maximum Gasteiger partial charge on any atom is 0.254 e. The molecule has 0 unspecified atom stereocenters. The second-order valence-electron chi connectivity index (χ2n) is 10.9. The summed E-state index contributed by atoms with van der Waals surface area (Å²) in [6.07, 6.45) is 3.81. The van der Waals surface area contributed by atoms with Crippen LogP contribution in [-0.4, -0.2) is 57.9 Å². The predicted octanol–water partition coefficient (Wildman–Crippen LogP) is 6.42. The fraction of sp³-hybridized carbons (Fsp3) is 0.485. The fourth-order valence-corrected chi connectivity index (χ4v) is 5.87. The fourth-order valence-electron chi connectivity index (χ4n) is 5.87. The van der Waals surface area contributed by atoms with E-state index in [0.717, 1.165) is 85.6 Å². The topological polar surface area (TPSA) is 76.0 Å². The van der Waals surface area contributed by atoms with Crippen molar-refractivity contribution in [3.63, 3.8) is 0 Å². The summed E-state index contributed by atoms with van der Waals surface area (Å²) in [5.41, 5.74) is 8.29. The maximum atomic E-state index is 13.6. The third-order valence-corrected chi connectivity index (χ3v) is 8.23. The number of nitrogens with one attached hydrogen (secondary N) is 1. The number of carbonyl (C=O) groups is 1. The number of imidazole rings is 1. The first-order valence-corrected chi connectivity index (χ1v) is 14.6. The molecule has 39 heavy (non-hydrogen) atoms. The Morgan fingerprint density at radius 1 is 1.00 bits per heavy atom. The van der Waals surface area contributed by atoms with Gasteiger partial charge in [0, 0.05) is 61.9 Å². The molecule has 3 heterocycles. The van der Waals surface area contributed by atoms with Crippen LogP contribution in [0.1, 0.15) is 90.5 Å². The number of hydrogen-bond donors (Lipinski definition) is 1. The standard InChI is InChI=1S/C31H37N5O.C2H6/c1-20(2)35-15-11-28-29(12-16-35)34-30(33-28)26-18-27(22(4)17-21(26)3)31(37)36-13-9-25(10-14-36)24-7-5-23(19-32)6-8-24;1-2/h5-8,17-18,20,25H,9-16H2,1-4H3,(H,33,34);1-2H3. The van der Waals surface area contributed by atoms with Gasteiger partial charge in [0.15, 0.2) is 0 Å². The second-order valence-corrected chi connectivity index (χ2v) is 10.9. The van der Waals surface area contributed by atoms with Crippen molar-refractivity contribution in [2.45, 2.75) is 79.2 Å². The molecule has 1 saturated heterocycles. The van der Waals surface area contributed by atoms with Crippen molar-refractivity contribution in [1.29, 1.82) is 5.26 Å². The highest BCUT2D eigenvalue weighted by Crippen LogP contribution is 2.31. The predicted molar refractivity (Wildman–Crippen MR) is 158 cm³/mol. The number of aromatic nitrogens is 2. The molecule has 0 atom stereocenters. The van der Waals surface area contributed by atoms with Crippen LogP contribution < -0.4 is 0 Å². The van der Waals surface area contributed by atoms with Gasteiger partial charge in [-0.15, -0.1) is 0 Å². The van der Waals surface area contributed by atoms with E-state index in [0.29, 0.717) is 17.5 Å². The maximum absolute atomic E-state index is 13.6. The number of aryl methyl sites for hydroxylation is 2. The minimum absolute atomic E-state index is 0.109. The smallest absolute Gasteiger partial charge is 0.254 e. The van der Waals surface area contributed by atoms with Gasteiger partial charge in [0.05, 0.1) is 17.3 Å². The summed E-state index contributed by atoms with van der Waals surface area (Å²) < 4.78 is 0. The minimum atomic E-state index is 0.109. The summed E-state index contributed by atoms with van der Waals surface area (Å²) in [5.74, 6) is 1.42. The van der Waals surface area contributed by atoms with E-state index in [2.05, 4.69) is 61.0 Å². The van der Waals surface area contributed by atoms with Gasteiger partial charge in [-0.05, 0) is 81.3 Å². The second kappa shape index (κ2) is 12.6. The van der Waals surface area contributed by atoms with Gasteiger partial charge in [-0.2, -0.15) is 5.26 Å². The first-order chi connectivity index (χ1) is 18.8. The number of nitrogens with zero attached hydrogens (tertiary/aromatic N) is 4. The Morgan fingerprint density at radius 3 is 2.31 bits per heavy atom. The first-order valence-electron chi connectivity index (χ1n) is 14.6. The Hall–Kier alpha value is -3.43. The molecule has 0 bridgehead atoms. The molecule has 1 N–H and O–H groups in total. The molecule has 6 heteroatoms. The van der Waals surface area contributed by atoms with Crippen molar-refractivity contribution < 1.29 is 4.79 Å². The van der Waals surface area contributed by atoms with Crippen LogP contribution in [-0.2, 0) is 12.8 Å². The highest BCUT2D eigenvalue weighted by molar-refractivity contribution is 5.97. The van der Waals surface area contributed by atoms with Crippen LogP contribution in [0.25, 0.3) is 11.4 Å². The molecule has 1 amide bonds. The lowest BCUT2D eigenvalue weighted by Crippen LogP contribution is -2.38.